The highest BCUT2D eigenvalue weighted by Crippen LogP contribution is 2.45. The van der Waals surface area contributed by atoms with Gasteiger partial charge in [-0.25, -0.2) is 9.13 Å². The smallest absolute Gasteiger partial charge is 0.462 e. The molecule has 0 aromatic rings. The number of rotatable bonds is 68. The SMILES string of the molecule is CCCCCCCCCCCCCCCCCCCCCC(=O)O[C@H](COC(=O)CCCCCCCCCC(C)C)COP(=O)(O)OC[C@@H](O)COP(=O)(O)OC[C@@H](COC(=O)CCCCCCCCC(C)CC)OC(=O)CCCCCCCCCC(C)C. The molecule has 0 saturated carbocycles. The van der Waals surface area contributed by atoms with Crippen molar-refractivity contribution in [1.29, 1.82) is 0 Å². The molecule has 0 amide bonds. The largest absolute Gasteiger partial charge is 0.472 e. The lowest BCUT2D eigenvalue weighted by Crippen LogP contribution is -2.30. The molecule has 89 heavy (non-hydrogen) atoms. The standard InChI is InChI=1S/C70H136O17P2/c1-8-10-11-12-13-14-15-16-17-18-19-20-21-22-23-24-29-39-46-53-69(74)86-65(57-80-67(72)51-44-37-30-25-27-34-41-48-61(3)4)59-84-88(76,77)82-55-64(71)56-83-89(78,79)85-60-66(87-70(75)54-47-40-31-26-28-35-42-49-62(5)6)58-81-68(73)52-45-38-33-32-36-43-50-63(7)9-2/h61-66,71H,8-60H2,1-7H3,(H,76,77)(H,78,79)/t63?,64-,65-,66-/m1/s1. The summed E-state index contributed by atoms with van der Waals surface area (Å²) >= 11 is 0. The minimum Gasteiger partial charge on any atom is -0.462 e. The molecule has 19 heteroatoms. The minimum absolute atomic E-state index is 0.102. The number of phosphoric ester groups is 2. The van der Waals surface area contributed by atoms with Gasteiger partial charge in [0.25, 0.3) is 0 Å². The third-order valence-electron chi connectivity index (χ3n) is 16.5. The van der Waals surface area contributed by atoms with E-state index in [1.807, 2.05) is 0 Å². The van der Waals surface area contributed by atoms with Gasteiger partial charge in [-0.1, -0.05) is 299 Å². The summed E-state index contributed by atoms with van der Waals surface area (Å²) in [4.78, 5) is 72.4. The van der Waals surface area contributed by atoms with E-state index in [2.05, 4.69) is 48.5 Å². The fourth-order valence-electron chi connectivity index (χ4n) is 10.5. The summed E-state index contributed by atoms with van der Waals surface area (Å²) in [6, 6.07) is 0. The van der Waals surface area contributed by atoms with Crippen LogP contribution in [0.4, 0.5) is 0 Å². The van der Waals surface area contributed by atoms with Crippen LogP contribution in [-0.4, -0.2) is 96.7 Å². The second kappa shape index (κ2) is 61.0. The Hall–Kier alpha value is -1.94. The van der Waals surface area contributed by atoms with E-state index in [-0.39, 0.29) is 25.7 Å². The van der Waals surface area contributed by atoms with Gasteiger partial charge in [-0.2, -0.15) is 0 Å². The lowest BCUT2D eigenvalue weighted by atomic mass is 10.00. The Kier molecular flexibility index (Phi) is 59.6. The number of carbonyl (C=O) groups excluding carboxylic acids is 4. The van der Waals surface area contributed by atoms with Gasteiger partial charge >= 0.3 is 39.5 Å². The summed E-state index contributed by atoms with van der Waals surface area (Å²) in [5.74, 6) is -0.000433. The number of esters is 4. The highest BCUT2D eigenvalue weighted by atomic mass is 31.2. The Morgan fingerprint density at radius 3 is 0.854 bits per heavy atom. The molecule has 0 aliphatic carbocycles. The second-order valence-electron chi connectivity index (χ2n) is 26.5. The van der Waals surface area contributed by atoms with Crippen LogP contribution in [0, 0.1) is 17.8 Å². The monoisotopic (exact) mass is 1310 g/mol. The molecule has 0 aromatic heterocycles. The summed E-state index contributed by atoms with van der Waals surface area (Å²) in [5, 5.41) is 10.6. The number of ether oxygens (including phenoxy) is 4. The van der Waals surface area contributed by atoms with E-state index >= 15 is 0 Å². The first-order valence-corrected chi connectivity index (χ1v) is 39.4. The maximum absolute atomic E-state index is 13.0. The topological polar surface area (TPSA) is 237 Å². The molecule has 0 bridgehead atoms. The molecule has 0 heterocycles. The number of aliphatic hydroxyl groups excluding tert-OH is 1. The van der Waals surface area contributed by atoms with Gasteiger partial charge in [-0.15, -0.1) is 0 Å². The predicted molar refractivity (Wildman–Crippen MR) is 358 cm³/mol. The van der Waals surface area contributed by atoms with Crippen LogP contribution in [0.5, 0.6) is 0 Å². The zero-order chi connectivity index (χ0) is 65.9. The predicted octanol–water partition coefficient (Wildman–Crippen LogP) is 19.8. The van der Waals surface area contributed by atoms with Crippen molar-refractivity contribution in [1.82, 2.24) is 0 Å². The first kappa shape index (κ1) is 87.1. The Bertz CT molecular complexity index is 1750. The van der Waals surface area contributed by atoms with Crippen molar-refractivity contribution in [3.63, 3.8) is 0 Å². The molecule has 0 spiro atoms. The van der Waals surface area contributed by atoms with Crippen molar-refractivity contribution in [2.45, 2.75) is 369 Å². The number of phosphoric acid groups is 2. The van der Waals surface area contributed by atoms with Gasteiger partial charge in [-0.05, 0) is 43.4 Å². The lowest BCUT2D eigenvalue weighted by molar-refractivity contribution is -0.161. The van der Waals surface area contributed by atoms with Crippen LogP contribution in [0.3, 0.4) is 0 Å². The average Bonchev–Trinajstić information content (AvgIpc) is 3.67. The van der Waals surface area contributed by atoms with E-state index in [0.717, 1.165) is 109 Å². The maximum Gasteiger partial charge on any atom is 0.472 e. The molecule has 0 rings (SSSR count). The number of unbranched alkanes of at least 4 members (excludes halogenated alkanes) is 35. The second-order valence-corrected chi connectivity index (χ2v) is 29.4. The molecule has 17 nitrogen and oxygen atoms in total. The highest BCUT2D eigenvalue weighted by Gasteiger charge is 2.30. The van der Waals surface area contributed by atoms with Gasteiger partial charge in [0.2, 0.25) is 0 Å². The Morgan fingerprint density at radius 2 is 0.573 bits per heavy atom. The third kappa shape index (κ3) is 63.2. The first-order valence-electron chi connectivity index (χ1n) is 36.4. The van der Waals surface area contributed by atoms with Crippen LogP contribution in [0.2, 0.25) is 0 Å². The molecule has 3 unspecified atom stereocenters. The Labute approximate surface area is 543 Å². The minimum atomic E-state index is -4.95. The van der Waals surface area contributed by atoms with Gasteiger partial charge in [0.1, 0.15) is 19.3 Å². The average molecular weight is 1310 g/mol. The van der Waals surface area contributed by atoms with E-state index in [9.17, 15) is 43.2 Å². The van der Waals surface area contributed by atoms with Gasteiger partial charge in [0.15, 0.2) is 12.2 Å². The number of carbonyl (C=O) groups is 4. The Morgan fingerprint density at radius 1 is 0.326 bits per heavy atom. The van der Waals surface area contributed by atoms with Crippen molar-refractivity contribution in [2.75, 3.05) is 39.6 Å². The molecule has 3 N–H and O–H groups in total. The summed E-state index contributed by atoms with van der Waals surface area (Å²) in [5.41, 5.74) is 0. The van der Waals surface area contributed by atoms with Crippen LogP contribution >= 0.6 is 15.6 Å². The fourth-order valence-corrected chi connectivity index (χ4v) is 12.1. The van der Waals surface area contributed by atoms with Gasteiger partial charge in [-0.3, -0.25) is 37.3 Å². The van der Waals surface area contributed by atoms with Crippen molar-refractivity contribution in [2.24, 2.45) is 17.8 Å². The summed E-state index contributed by atoms with van der Waals surface area (Å²) in [7, 11) is -9.90. The zero-order valence-electron chi connectivity index (χ0n) is 57.9. The van der Waals surface area contributed by atoms with Crippen molar-refractivity contribution < 1.29 is 80.2 Å². The molecule has 0 fully saturated rings. The summed E-state index contributed by atoms with van der Waals surface area (Å²) in [6.07, 6.45) is 44.8. The lowest BCUT2D eigenvalue weighted by Gasteiger charge is -2.21. The third-order valence-corrected chi connectivity index (χ3v) is 18.4. The molecule has 6 atom stereocenters. The van der Waals surface area contributed by atoms with Crippen LogP contribution in [0.1, 0.15) is 350 Å². The molecule has 0 saturated heterocycles. The zero-order valence-corrected chi connectivity index (χ0v) is 59.7. The summed E-state index contributed by atoms with van der Waals surface area (Å²) < 4.78 is 68.2. The number of hydrogen-bond donors (Lipinski definition) is 3. The highest BCUT2D eigenvalue weighted by molar-refractivity contribution is 7.47. The molecule has 0 radical (unpaired) electrons. The molecule has 528 valence electrons. The molecule has 0 aliphatic rings. The van der Waals surface area contributed by atoms with Crippen LogP contribution < -0.4 is 0 Å². The summed E-state index contributed by atoms with van der Waals surface area (Å²) in [6.45, 7) is 11.7. The molecule has 0 aromatic carbocycles. The van der Waals surface area contributed by atoms with Gasteiger partial charge < -0.3 is 33.8 Å². The molecular formula is C70H136O17P2. The molecule has 0 aliphatic heterocycles. The van der Waals surface area contributed by atoms with Crippen LogP contribution in [0.15, 0.2) is 0 Å². The van der Waals surface area contributed by atoms with E-state index in [0.29, 0.717) is 37.5 Å². The van der Waals surface area contributed by atoms with E-state index in [1.54, 1.807) is 0 Å². The van der Waals surface area contributed by atoms with Gasteiger partial charge in [0.05, 0.1) is 26.4 Å². The van der Waals surface area contributed by atoms with Crippen molar-refractivity contribution in [3.05, 3.63) is 0 Å². The fraction of sp³-hybridized carbons (Fsp3) is 0.943. The number of hydrogen-bond acceptors (Lipinski definition) is 15. The van der Waals surface area contributed by atoms with E-state index in [4.69, 9.17) is 37.0 Å². The first-order chi connectivity index (χ1) is 42.8. The normalized spacial score (nSPS) is 14.5. The van der Waals surface area contributed by atoms with Crippen molar-refractivity contribution in [3.8, 4) is 0 Å². The van der Waals surface area contributed by atoms with Gasteiger partial charge in [0, 0.05) is 25.7 Å². The maximum atomic E-state index is 13.0. The van der Waals surface area contributed by atoms with E-state index in [1.165, 1.54) is 148 Å². The van der Waals surface area contributed by atoms with Crippen LogP contribution in [-0.2, 0) is 65.4 Å². The van der Waals surface area contributed by atoms with Crippen LogP contribution in [0.25, 0.3) is 0 Å². The molecular weight excluding hydrogens is 1170 g/mol. The van der Waals surface area contributed by atoms with E-state index < -0.39 is 97.5 Å². The van der Waals surface area contributed by atoms with Crippen molar-refractivity contribution >= 4 is 39.5 Å². The quantitative estimate of drug-likeness (QED) is 0.0222. The number of aliphatic hydroxyl groups is 1. The Balaban J connectivity index is 5.19.